The Morgan fingerprint density at radius 1 is 0.795 bits per heavy atom. The summed E-state index contributed by atoms with van der Waals surface area (Å²) in [5.74, 6) is -4.49. The van der Waals surface area contributed by atoms with Crippen LogP contribution in [0.2, 0.25) is 5.02 Å². The third-order valence-electron chi connectivity index (χ3n) is 13.2. The minimum Gasteiger partial charge on any atom is -0.497 e. The molecule has 3 atom stereocenters. The third kappa shape index (κ3) is 16.1. The Bertz CT molecular complexity index is 3520. The molecule has 0 aliphatic carbocycles. The van der Waals surface area contributed by atoms with Gasteiger partial charge in [0.25, 0.3) is 11.7 Å². The Labute approximate surface area is 526 Å². The molecule has 4 amide bonds. The number of hydrogen-bond acceptors (Lipinski definition) is 21. The van der Waals surface area contributed by atoms with Crippen LogP contribution < -0.4 is 30.0 Å². The second-order valence-electron chi connectivity index (χ2n) is 22.5. The van der Waals surface area contributed by atoms with Crippen LogP contribution in [-0.4, -0.2) is 127 Å². The number of carbonyl (C=O) groups excluding carboxylic acids is 7. The summed E-state index contributed by atoms with van der Waals surface area (Å²) in [6, 6.07) is 33.7. The summed E-state index contributed by atoms with van der Waals surface area (Å²) in [4.78, 5) is 113. The second kappa shape index (κ2) is 27.8. The van der Waals surface area contributed by atoms with Crippen LogP contribution in [0.3, 0.4) is 0 Å². The Morgan fingerprint density at radius 3 is 1.90 bits per heavy atom. The molecule has 3 heterocycles. The van der Waals surface area contributed by atoms with E-state index in [-0.39, 0.29) is 58.4 Å². The normalized spacial score (nSPS) is 16.6. The van der Waals surface area contributed by atoms with Crippen molar-refractivity contribution < 1.29 is 71.6 Å². The number of rotatable bonds is 24. The van der Waals surface area contributed by atoms with Gasteiger partial charge in [0.2, 0.25) is 11.5 Å². The first-order chi connectivity index (χ1) is 41.7. The largest absolute Gasteiger partial charge is 0.497 e. The van der Waals surface area contributed by atoms with E-state index in [9.17, 15) is 28.8 Å². The SMILES string of the molecule is COc1ccc(COc2ccc(C(=O)C(=O)N(CCS[C@]3(C(=O)OC(c4ccccc4)c4ccccc4)CN4C(=O)[C@@H](NC(=O)/C(=N\OC(C)(C)C(=O)OC(C)(C)C)c5csc(N)n5)[C@H]4S3)C(=O)OC(C)(C)C)c(Cl)c2OCc2ccc(OC)cc2)cc1. The topological polar surface area (TPSA) is 263 Å². The highest BCUT2D eigenvalue weighted by Crippen LogP contribution is 2.54. The van der Waals surface area contributed by atoms with E-state index in [4.69, 9.17) is 55.3 Å². The number of nitrogens with one attached hydrogen (secondary N) is 1. The molecule has 2 aliphatic rings. The van der Waals surface area contributed by atoms with Crippen LogP contribution in [0.25, 0.3) is 0 Å². The third-order valence-corrected chi connectivity index (χ3v) is 17.5. The molecule has 0 spiro atoms. The Morgan fingerprint density at radius 2 is 1.36 bits per heavy atom. The molecule has 0 radical (unpaired) electrons. The number of anilines is 1. The van der Waals surface area contributed by atoms with Gasteiger partial charge in [-0.3, -0.25) is 19.2 Å². The molecule has 8 rings (SSSR count). The molecule has 0 saturated carbocycles. The molecular weight excluding hydrogens is 1210 g/mol. The number of hydrogen-bond donors (Lipinski definition) is 2. The van der Waals surface area contributed by atoms with Crippen molar-refractivity contribution in [2.75, 3.05) is 38.8 Å². The van der Waals surface area contributed by atoms with Crippen molar-refractivity contribution >= 4 is 98.8 Å². The van der Waals surface area contributed by atoms with E-state index in [1.165, 1.54) is 36.3 Å². The highest BCUT2D eigenvalue weighted by atomic mass is 35.5. The second-order valence-corrected chi connectivity index (χ2v) is 26.9. The lowest BCUT2D eigenvalue weighted by molar-refractivity contribution is -0.179. The van der Waals surface area contributed by atoms with E-state index in [0.29, 0.717) is 33.1 Å². The van der Waals surface area contributed by atoms with E-state index in [1.54, 1.807) is 141 Å². The average Bonchev–Trinajstić information content (AvgIpc) is 1.60. The summed E-state index contributed by atoms with van der Waals surface area (Å²) < 4.78 is 39.0. The van der Waals surface area contributed by atoms with Gasteiger partial charge in [0.1, 0.15) is 53.0 Å². The van der Waals surface area contributed by atoms with Crippen molar-refractivity contribution in [1.29, 1.82) is 0 Å². The Balaban J connectivity index is 1.09. The fraction of sp³-hybridized carbons (Fsp3) is 0.349. The van der Waals surface area contributed by atoms with Gasteiger partial charge < -0.3 is 53.9 Å². The molecule has 25 heteroatoms. The van der Waals surface area contributed by atoms with E-state index >= 15 is 4.79 Å². The molecular formula is C63H67ClN6O15S3. The number of oxime groups is 1. The maximum Gasteiger partial charge on any atom is 0.417 e. The van der Waals surface area contributed by atoms with Crippen molar-refractivity contribution in [1.82, 2.24) is 20.1 Å². The number of amides is 4. The molecule has 2 aliphatic heterocycles. The van der Waals surface area contributed by atoms with Gasteiger partial charge in [0.15, 0.2) is 32.5 Å². The minimum atomic E-state index is -1.71. The molecule has 1 aromatic heterocycles. The van der Waals surface area contributed by atoms with Crippen LogP contribution >= 0.6 is 46.5 Å². The highest BCUT2D eigenvalue weighted by Gasteiger charge is 2.63. The summed E-state index contributed by atoms with van der Waals surface area (Å²) in [7, 11) is 3.09. The number of methoxy groups -OCH3 is 2. The molecule has 3 N–H and O–H groups in total. The number of aromatic nitrogens is 1. The molecule has 6 aromatic rings. The zero-order chi connectivity index (χ0) is 63.7. The van der Waals surface area contributed by atoms with E-state index in [0.717, 1.165) is 40.4 Å². The summed E-state index contributed by atoms with van der Waals surface area (Å²) in [6.07, 6.45) is -2.13. The Hall–Kier alpha value is -8.32. The number of nitrogen functional groups attached to an aromatic ring is 1. The number of imide groups is 1. The lowest BCUT2D eigenvalue weighted by Crippen LogP contribution is -2.68. The van der Waals surface area contributed by atoms with Gasteiger partial charge in [-0.2, -0.15) is 0 Å². The van der Waals surface area contributed by atoms with Crippen LogP contribution in [0, 0.1) is 0 Å². The predicted molar refractivity (Wildman–Crippen MR) is 333 cm³/mol. The number of β-lactam (4-membered cyclic amide) rings is 1. The predicted octanol–water partition coefficient (Wildman–Crippen LogP) is 10.2. The first-order valence-electron chi connectivity index (χ1n) is 27.6. The van der Waals surface area contributed by atoms with Crippen molar-refractivity contribution in [2.24, 2.45) is 5.16 Å². The van der Waals surface area contributed by atoms with Gasteiger partial charge in [-0.1, -0.05) is 102 Å². The van der Waals surface area contributed by atoms with Crippen LogP contribution in [0.5, 0.6) is 23.0 Å². The molecule has 2 saturated heterocycles. The molecule has 464 valence electrons. The Kier molecular flexibility index (Phi) is 20.7. The number of Topliss-reactive ketones (excluding diaryl/α,β-unsaturated/α-hetero) is 1. The van der Waals surface area contributed by atoms with Gasteiger partial charge in [-0.15, -0.1) is 34.9 Å². The number of ketones is 1. The number of benzene rings is 5. The maximum absolute atomic E-state index is 15.3. The summed E-state index contributed by atoms with van der Waals surface area (Å²) in [5, 5.41) is 7.13. The van der Waals surface area contributed by atoms with Gasteiger partial charge in [0, 0.05) is 17.7 Å². The minimum absolute atomic E-state index is 0.0147. The number of fused-ring (bicyclic) bond motifs is 1. The lowest BCUT2D eigenvalue weighted by atomic mass is 10.0. The number of nitrogens with two attached hydrogens (primary N) is 1. The monoisotopic (exact) mass is 1280 g/mol. The average molecular weight is 1280 g/mol. The fourth-order valence-electron chi connectivity index (χ4n) is 8.71. The zero-order valence-electron chi connectivity index (χ0n) is 50.0. The molecule has 5 aromatic carbocycles. The number of halogens is 1. The number of nitrogens with zero attached hydrogens (tertiary/aromatic N) is 4. The van der Waals surface area contributed by atoms with E-state index in [1.807, 2.05) is 24.3 Å². The number of thioether (sulfide) groups is 2. The lowest BCUT2D eigenvalue weighted by Gasteiger charge is -2.41. The van der Waals surface area contributed by atoms with Gasteiger partial charge in [0.05, 0.1) is 31.4 Å². The van der Waals surface area contributed by atoms with E-state index in [2.05, 4.69) is 15.5 Å². The van der Waals surface area contributed by atoms with Gasteiger partial charge >= 0.3 is 23.9 Å². The molecule has 88 heavy (non-hydrogen) atoms. The van der Waals surface area contributed by atoms with Crippen molar-refractivity contribution in [3.8, 4) is 23.0 Å². The number of carbonyl (C=O) groups is 7. The summed E-state index contributed by atoms with van der Waals surface area (Å²) in [5.41, 5.74) is 4.22. The van der Waals surface area contributed by atoms with Crippen LogP contribution in [0.15, 0.2) is 132 Å². The van der Waals surface area contributed by atoms with Crippen molar-refractivity contribution in [3.63, 3.8) is 0 Å². The first kappa shape index (κ1) is 65.7. The highest BCUT2D eigenvalue weighted by molar-refractivity contribution is 8.20. The van der Waals surface area contributed by atoms with E-state index < -0.39 is 92.2 Å². The van der Waals surface area contributed by atoms with Crippen LogP contribution in [-0.2, 0) is 56.2 Å². The first-order valence-corrected chi connectivity index (χ1v) is 30.7. The van der Waals surface area contributed by atoms with Gasteiger partial charge in [-0.05, 0) is 114 Å². The molecule has 2 fully saturated rings. The fourth-order valence-corrected chi connectivity index (χ4v) is 12.7. The summed E-state index contributed by atoms with van der Waals surface area (Å²) in [6.45, 7) is 11.8. The molecule has 0 unspecified atom stereocenters. The zero-order valence-corrected chi connectivity index (χ0v) is 53.2. The van der Waals surface area contributed by atoms with Crippen LogP contribution in [0.1, 0.15) is 99.8 Å². The smallest absolute Gasteiger partial charge is 0.417 e. The standard InChI is InChI=1S/C63H67ClN6O15S3/c1-60(2,3)83-56(75)62(7,8)85-68-47(44-35-86-58(65)66-44)52(72)67-48-53(73)70-36-63(88-55(48)70,57(76)82-50(39-17-13-11-14-18-39)40-19-15-12-16-20-40)87-32-31-69(59(77)84-61(4,5)6)54(74)49(71)43-29-30-45(80-33-37-21-25-41(78-9)26-22-37)51(46(43)64)81-34-38-23-27-42(79-10)28-24-38/h11-30,35,48,50,55H,31-34,36H2,1-10H3,(H2,65,66)(H,67,72)/b68-47-/t48-,55-,63-/m1/s1. The van der Waals surface area contributed by atoms with Crippen molar-refractivity contribution in [2.45, 2.75) is 107 Å². The summed E-state index contributed by atoms with van der Waals surface area (Å²) >= 11 is 10.0. The number of ether oxygens (including phenoxy) is 7. The maximum atomic E-state index is 15.3. The van der Waals surface area contributed by atoms with Crippen LogP contribution in [0.4, 0.5) is 9.93 Å². The molecule has 0 bridgehead atoms. The molecule has 21 nitrogen and oxygen atoms in total. The quantitative estimate of drug-likeness (QED) is 0.0109. The van der Waals surface area contributed by atoms with Gasteiger partial charge in [-0.25, -0.2) is 24.3 Å². The van der Waals surface area contributed by atoms with Crippen molar-refractivity contribution in [3.05, 3.63) is 165 Å². The number of thiazole rings is 1. The number of esters is 2.